The third-order valence-electron chi connectivity index (χ3n) is 0.788. The highest BCUT2D eigenvalue weighted by Crippen LogP contribution is 1.99. The first-order chi connectivity index (χ1) is 4.56. The van der Waals surface area contributed by atoms with Crippen LogP contribution in [0.15, 0.2) is 11.5 Å². The van der Waals surface area contributed by atoms with Crippen LogP contribution in [0.1, 0.15) is 12.8 Å². The van der Waals surface area contributed by atoms with E-state index in [9.17, 15) is 8.42 Å². The molecule has 0 fully saturated rings. The second-order valence-corrected chi connectivity index (χ2v) is 4.23. The van der Waals surface area contributed by atoms with Gasteiger partial charge in [-0.05, 0) is 12.8 Å². The summed E-state index contributed by atoms with van der Waals surface area (Å²) in [7, 11) is 1.34. The number of allylic oxidation sites excluding steroid dienone is 1. The summed E-state index contributed by atoms with van der Waals surface area (Å²) in [5.74, 6) is 0. The lowest BCUT2D eigenvalue weighted by Gasteiger charge is -1.85. The Labute approximate surface area is 64.7 Å². The molecule has 0 aliphatic heterocycles. The van der Waals surface area contributed by atoms with Gasteiger partial charge in [-0.25, -0.2) is 8.42 Å². The smallest absolute Gasteiger partial charge is 0.254 e. The molecule has 1 N–H and O–H groups in total. The average molecular weight is 185 g/mol. The van der Waals surface area contributed by atoms with Crippen LogP contribution in [-0.4, -0.2) is 20.1 Å². The Bertz CT molecular complexity index is 195. The molecule has 0 aromatic carbocycles. The van der Waals surface area contributed by atoms with Crippen molar-refractivity contribution in [2.45, 2.75) is 12.8 Å². The largest absolute Gasteiger partial charge is 0.396 e. The maximum absolute atomic E-state index is 10.2. The molecular weight excluding hydrogens is 176 g/mol. The summed E-state index contributed by atoms with van der Waals surface area (Å²) in [6.45, 7) is 0.0622. The molecule has 60 valence electrons. The predicted molar refractivity (Wildman–Crippen MR) is 40.2 cm³/mol. The van der Waals surface area contributed by atoms with Crippen LogP contribution < -0.4 is 0 Å². The first-order valence-corrected chi connectivity index (χ1v) is 5.15. The summed E-state index contributed by atoms with van der Waals surface area (Å²) in [5, 5.41) is 9.20. The molecule has 0 aromatic heterocycles. The van der Waals surface area contributed by atoms with Crippen molar-refractivity contribution in [1.29, 1.82) is 0 Å². The highest BCUT2D eigenvalue weighted by Gasteiger charge is 1.94. The van der Waals surface area contributed by atoms with Crippen molar-refractivity contribution in [2.75, 3.05) is 6.61 Å². The average Bonchev–Trinajstić information content (AvgIpc) is 1.78. The fourth-order valence-corrected chi connectivity index (χ4v) is 0.976. The summed E-state index contributed by atoms with van der Waals surface area (Å²) >= 11 is 0. The molecule has 5 heteroatoms. The standard InChI is InChI=1S/C5H9ClO3S/c6-10(8,9)5-3-1-2-4-7/h3,5,7H,1-2,4H2/b5-3-. The van der Waals surface area contributed by atoms with Crippen LogP contribution >= 0.6 is 10.7 Å². The molecule has 3 nitrogen and oxygen atoms in total. The van der Waals surface area contributed by atoms with Crippen LogP contribution in [0.3, 0.4) is 0 Å². The molecule has 0 amide bonds. The van der Waals surface area contributed by atoms with Crippen molar-refractivity contribution >= 4 is 19.7 Å². The quantitative estimate of drug-likeness (QED) is 0.521. The third-order valence-corrected chi connectivity index (χ3v) is 1.61. The van der Waals surface area contributed by atoms with Gasteiger partial charge >= 0.3 is 0 Å². The van der Waals surface area contributed by atoms with Crippen LogP contribution in [0.25, 0.3) is 0 Å². The van der Waals surface area contributed by atoms with E-state index in [4.69, 9.17) is 15.8 Å². The van der Waals surface area contributed by atoms with Gasteiger partial charge in [0.25, 0.3) is 9.05 Å². The highest BCUT2D eigenvalue weighted by atomic mass is 35.7. The third kappa shape index (κ3) is 7.94. The van der Waals surface area contributed by atoms with Crippen LogP contribution in [0.4, 0.5) is 0 Å². The van der Waals surface area contributed by atoms with Gasteiger partial charge in [0.2, 0.25) is 0 Å². The minimum Gasteiger partial charge on any atom is -0.396 e. The summed E-state index contributed by atoms with van der Waals surface area (Å²) in [5.41, 5.74) is 0. The molecule has 0 rings (SSSR count). The van der Waals surface area contributed by atoms with Crippen molar-refractivity contribution in [2.24, 2.45) is 0 Å². The van der Waals surface area contributed by atoms with E-state index in [0.29, 0.717) is 12.8 Å². The lowest BCUT2D eigenvalue weighted by molar-refractivity contribution is 0.289. The summed E-state index contributed by atoms with van der Waals surface area (Å²) in [6, 6.07) is 0. The second kappa shape index (κ2) is 4.71. The molecule has 0 aliphatic carbocycles. The maximum atomic E-state index is 10.2. The van der Waals surface area contributed by atoms with Crippen LogP contribution in [-0.2, 0) is 9.05 Å². The Hall–Kier alpha value is -0.0600. The number of aliphatic hydroxyl groups excluding tert-OH is 1. The van der Waals surface area contributed by atoms with E-state index >= 15 is 0 Å². The van der Waals surface area contributed by atoms with Gasteiger partial charge in [-0.15, -0.1) is 0 Å². The number of hydrogen-bond donors (Lipinski definition) is 1. The predicted octanol–water partition coefficient (Wildman–Crippen LogP) is 0.841. The zero-order valence-electron chi connectivity index (χ0n) is 5.33. The monoisotopic (exact) mass is 184 g/mol. The van der Waals surface area contributed by atoms with Crippen molar-refractivity contribution in [3.63, 3.8) is 0 Å². The molecule has 10 heavy (non-hydrogen) atoms. The van der Waals surface area contributed by atoms with Gasteiger partial charge in [0.05, 0.1) is 0 Å². The number of aliphatic hydroxyl groups is 1. The van der Waals surface area contributed by atoms with Crippen LogP contribution in [0.5, 0.6) is 0 Å². The van der Waals surface area contributed by atoms with E-state index in [1.807, 2.05) is 0 Å². The van der Waals surface area contributed by atoms with Crippen LogP contribution in [0.2, 0.25) is 0 Å². The van der Waals surface area contributed by atoms with Gasteiger partial charge < -0.3 is 5.11 Å². The second-order valence-electron chi connectivity index (χ2n) is 1.71. The minimum absolute atomic E-state index is 0.0622. The highest BCUT2D eigenvalue weighted by molar-refractivity contribution is 8.16. The zero-order chi connectivity index (χ0) is 8.04. The maximum Gasteiger partial charge on any atom is 0.254 e. The summed E-state index contributed by atoms with van der Waals surface area (Å²) in [4.78, 5) is 0. The number of hydrogen-bond acceptors (Lipinski definition) is 3. The summed E-state index contributed by atoms with van der Waals surface area (Å²) in [6.07, 6.45) is 2.50. The lowest BCUT2D eigenvalue weighted by atomic mass is 10.3. The fourth-order valence-electron chi connectivity index (χ4n) is 0.392. The first-order valence-electron chi connectivity index (χ1n) is 2.78. The molecule has 0 spiro atoms. The minimum atomic E-state index is -3.49. The lowest BCUT2D eigenvalue weighted by Crippen LogP contribution is -1.81. The fraction of sp³-hybridized carbons (Fsp3) is 0.600. The van der Waals surface area contributed by atoms with E-state index < -0.39 is 9.05 Å². The van der Waals surface area contributed by atoms with E-state index in [2.05, 4.69) is 0 Å². The summed E-state index contributed by atoms with van der Waals surface area (Å²) < 4.78 is 20.4. The molecule has 0 atom stereocenters. The number of rotatable bonds is 4. The van der Waals surface area contributed by atoms with E-state index in [1.165, 1.54) is 6.08 Å². The van der Waals surface area contributed by atoms with Crippen molar-refractivity contribution in [3.8, 4) is 0 Å². The van der Waals surface area contributed by atoms with Gasteiger partial charge in [0, 0.05) is 22.7 Å². The molecule has 0 radical (unpaired) electrons. The molecule has 0 aliphatic rings. The molecular formula is C5H9ClO3S. The van der Waals surface area contributed by atoms with Crippen molar-refractivity contribution in [1.82, 2.24) is 0 Å². The van der Waals surface area contributed by atoms with Gasteiger partial charge in [0.15, 0.2) is 0 Å². The number of halogens is 1. The first kappa shape index (κ1) is 9.94. The van der Waals surface area contributed by atoms with Gasteiger partial charge in [0.1, 0.15) is 0 Å². The van der Waals surface area contributed by atoms with Gasteiger partial charge in [-0.3, -0.25) is 0 Å². The van der Waals surface area contributed by atoms with E-state index in [0.717, 1.165) is 5.41 Å². The molecule has 0 heterocycles. The number of unbranched alkanes of at least 4 members (excludes halogenated alkanes) is 1. The van der Waals surface area contributed by atoms with Gasteiger partial charge in [-0.2, -0.15) is 0 Å². The van der Waals surface area contributed by atoms with Crippen molar-refractivity contribution in [3.05, 3.63) is 11.5 Å². The van der Waals surface area contributed by atoms with E-state index in [-0.39, 0.29) is 6.61 Å². The Morgan fingerprint density at radius 2 is 2.10 bits per heavy atom. The Kier molecular flexibility index (Phi) is 4.68. The topological polar surface area (TPSA) is 54.4 Å². The Morgan fingerprint density at radius 1 is 1.50 bits per heavy atom. The Balaban J connectivity index is 3.58. The normalized spacial score (nSPS) is 12.6. The Morgan fingerprint density at radius 3 is 2.50 bits per heavy atom. The SMILES string of the molecule is O=S(=O)(Cl)/C=C\CCCO. The molecule has 0 aromatic rings. The molecule has 0 saturated carbocycles. The van der Waals surface area contributed by atoms with Crippen LogP contribution in [0, 0.1) is 0 Å². The molecule has 0 unspecified atom stereocenters. The zero-order valence-corrected chi connectivity index (χ0v) is 6.90. The molecule has 0 bridgehead atoms. The molecule has 0 saturated heterocycles. The van der Waals surface area contributed by atoms with E-state index in [1.54, 1.807) is 0 Å². The van der Waals surface area contributed by atoms with Gasteiger partial charge in [-0.1, -0.05) is 6.08 Å². The van der Waals surface area contributed by atoms with Crippen molar-refractivity contribution < 1.29 is 13.5 Å².